The maximum atomic E-state index is 12.7. The number of aliphatic carboxylic acids is 1. The molecule has 4 aliphatic rings. The molecule has 2 bridgehead atoms. The number of hydrogen-bond donors (Lipinski definition) is 3. The zero-order valence-electron chi connectivity index (χ0n) is 19.1. The van der Waals surface area contributed by atoms with Gasteiger partial charge in [0, 0.05) is 16.4 Å². The minimum Gasteiger partial charge on any atom is -0.481 e. The number of carbonyl (C=O) groups is 2. The zero-order valence-corrected chi connectivity index (χ0v) is 19.1. The van der Waals surface area contributed by atoms with E-state index in [9.17, 15) is 24.9 Å². The first-order valence-electron chi connectivity index (χ1n) is 11.6. The Balaban J connectivity index is 1.81. The molecule has 4 saturated carbocycles. The second kappa shape index (κ2) is 6.92. The van der Waals surface area contributed by atoms with E-state index < -0.39 is 40.0 Å². The van der Waals surface area contributed by atoms with Gasteiger partial charge in [0.25, 0.3) is 0 Å². The van der Waals surface area contributed by atoms with Gasteiger partial charge in [0.2, 0.25) is 0 Å². The third-order valence-electron chi connectivity index (χ3n) is 10.0. The molecule has 0 unspecified atom stereocenters. The summed E-state index contributed by atoms with van der Waals surface area (Å²) in [5.41, 5.74) is -2.47. The highest BCUT2D eigenvalue weighted by molar-refractivity contribution is 5.88. The van der Waals surface area contributed by atoms with Crippen LogP contribution in [0.25, 0.3) is 0 Å². The van der Waals surface area contributed by atoms with Crippen molar-refractivity contribution in [3.8, 4) is 0 Å². The Bertz CT molecular complexity index is 862. The lowest BCUT2D eigenvalue weighted by Gasteiger charge is -2.68. The van der Waals surface area contributed by atoms with Gasteiger partial charge in [-0.2, -0.15) is 0 Å². The molecule has 0 aromatic carbocycles. The van der Waals surface area contributed by atoms with Crippen LogP contribution in [0.3, 0.4) is 0 Å². The molecule has 4 fully saturated rings. The van der Waals surface area contributed by atoms with Crippen LogP contribution in [0.2, 0.25) is 0 Å². The molecule has 4 aliphatic carbocycles. The van der Waals surface area contributed by atoms with E-state index in [-0.39, 0.29) is 17.8 Å². The molecule has 172 valence electrons. The highest BCUT2D eigenvalue weighted by Gasteiger charge is 2.76. The van der Waals surface area contributed by atoms with Crippen LogP contribution in [0.5, 0.6) is 0 Å². The second-order valence-corrected chi connectivity index (χ2v) is 10.9. The van der Waals surface area contributed by atoms with Gasteiger partial charge in [0.05, 0.1) is 17.1 Å². The van der Waals surface area contributed by atoms with Gasteiger partial charge in [-0.05, 0) is 83.1 Å². The predicted molar refractivity (Wildman–Crippen MR) is 115 cm³/mol. The van der Waals surface area contributed by atoms with Gasteiger partial charge in [-0.1, -0.05) is 19.6 Å². The number of aliphatic hydroxyl groups is 2. The second-order valence-electron chi connectivity index (χ2n) is 10.9. The van der Waals surface area contributed by atoms with Crippen molar-refractivity contribution in [1.29, 1.82) is 0 Å². The molecule has 0 heterocycles. The lowest BCUT2D eigenvalue weighted by Crippen LogP contribution is -2.72. The number of hydrogen-bond acceptors (Lipinski definition) is 5. The van der Waals surface area contributed by atoms with Gasteiger partial charge in [0.15, 0.2) is 0 Å². The van der Waals surface area contributed by atoms with Crippen molar-refractivity contribution in [2.24, 2.45) is 28.1 Å². The summed E-state index contributed by atoms with van der Waals surface area (Å²) in [5, 5.41) is 33.3. The summed E-state index contributed by atoms with van der Waals surface area (Å²) >= 11 is 0. The van der Waals surface area contributed by atoms with Crippen LogP contribution in [0.4, 0.5) is 0 Å². The van der Waals surface area contributed by atoms with E-state index >= 15 is 0 Å². The summed E-state index contributed by atoms with van der Waals surface area (Å²) in [5.74, 6) is -1.56. The number of carbonyl (C=O) groups excluding carboxylic acids is 1. The highest BCUT2D eigenvalue weighted by Crippen LogP contribution is 2.74. The monoisotopic (exact) mass is 432 g/mol. The van der Waals surface area contributed by atoms with E-state index in [1.165, 1.54) is 0 Å². The zero-order chi connectivity index (χ0) is 23.0. The van der Waals surface area contributed by atoms with Crippen LogP contribution in [0, 0.1) is 28.1 Å². The van der Waals surface area contributed by atoms with E-state index in [0.717, 1.165) is 12.0 Å². The van der Waals surface area contributed by atoms with Crippen LogP contribution >= 0.6 is 0 Å². The molecular formula is C25H36O6. The fourth-order valence-electron chi connectivity index (χ4n) is 7.96. The van der Waals surface area contributed by atoms with Gasteiger partial charge in [0.1, 0.15) is 6.10 Å². The Morgan fingerprint density at radius 3 is 2.45 bits per heavy atom. The fraction of sp³-hybridized carbons (Fsp3) is 0.760. The van der Waals surface area contributed by atoms with E-state index in [4.69, 9.17) is 4.74 Å². The molecule has 0 aromatic rings. The number of fused-ring (bicyclic) bond motifs is 3. The minimum atomic E-state index is -1.31. The normalized spacial score (nSPS) is 49.2. The number of rotatable bonds is 3. The summed E-state index contributed by atoms with van der Waals surface area (Å²) in [6.45, 7) is 11.4. The van der Waals surface area contributed by atoms with Crippen LogP contribution in [0.1, 0.15) is 72.6 Å². The molecule has 0 saturated heterocycles. The number of aliphatic hydroxyl groups excluding tert-OH is 1. The van der Waals surface area contributed by atoms with Gasteiger partial charge in [-0.25, -0.2) is 4.79 Å². The molecule has 3 N–H and O–H groups in total. The lowest BCUT2D eigenvalue weighted by molar-refractivity contribution is -0.288. The molecule has 8 atom stereocenters. The quantitative estimate of drug-likeness (QED) is 0.358. The average Bonchev–Trinajstić information content (AvgIpc) is 2.95. The van der Waals surface area contributed by atoms with E-state index in [2.05, 4.69) is 6.58 Å². The Morgan fingerprint density at radius 2 is 1.84 bits per heavy atom. The van der Waals surface area contributed by atoms with Gasteiger partial charge >= 0.3 is 11.9 Å². The maximum absolute atomic E-state index is 12.7. The molecule has 6 heteroatoms. The molecule has 1 spiro atoms. The Morgan fingerprint density at radius 1 is 1.16 bits per heavy atom. The molecule has 31 heavy (non-hydrogen) atoms. The van der Waals surface area contributed by atoms with Crippen LogP contribution < -0.4 is 0 Å². The van der Waals surface area contributed by atoms with Gasteiger partial charge in [-0.15, -0.1) is 0 Å². The number of carboxylic acid groups (broad SMARTS) is 1. The number of esters is 1. The van der Waals surface area contributed by atoms with Crippen molar-refractivity contribution in [2.45, 2.75) is 90.4 Å². The molecule has 0 aliphatic heterocycles. The molecule has 0 radical (unpaired) electrons. The summed E-state index contributed by atoms with van der Waals surface area (Å²) in [6.07, 6.45) is 4.20. The Labute approximate surface area is 184 Å². The average molecular weight is 433 g/mol. The summed E-state index contributed by atoms with van der Waals surface area (Å²) in [6, 6.07) is 0. The van der Waals surface area contributed by atoms with E-state index in [0.29, 0.717) is 44.1 Å². The Kier molecular flexibility index (Phi) is 5.03. The van der Waals surface area contributed by atoms with E-state index in [1.54, 1.807) is 26.8 Å². The standard InChI is InChI=1S/C25H36O6/c1-6-14(2)20(27)31-19-15(3)16-7-12-25(30)22(4)10-9-18(26)23(5,21(28)29)17(22)8-11-24(19,25)13-16/h6,16-19,26,30H,3,7-13H2,1-2,4-5H3,(H,28,29)/b14-6-/t16-,17+,18+,19+,22-,23+,24+,25-/m1/s1. The molecule has 0 amide bonds. The van der Waals surface area contributed by atoms with Crippen LogP contribution in [-0.2, 0) is 14.3 Å². The minimum absolute atomic E-state index is 0.198. The molecule has 0 aromatic heterocycles. The molecule has 4 rings (SSSR count). The first kappa shape index (κ1) is 22.5. The van der Waals surface area contributed by atoms with Gasteiger partial charge in [-0.3, -0.25) is 4.79 Å². The topological polar surface area (TPSA) is 104 Å². The van der Waals surface area contributed by atoms with Crippen LogP contribution in [-0.4, -0.2) is 45.1 Å². The summed E-state index contributed by atoms with van der Waals surface area (Å²) < 4.78 is 6.03. The van der Waals surface area contributed by atoms with Crippen molar-refractivity contribution in [3.05, 3.63) is 23.8 Å². The lowest BCUT2D eigenvalue weighted by atomic mass is 9.38. The number of allylic oxidation sites excluding steroid dienone is 1. The molecule has 6 nitrogen and oxygen atoms in total. The Hall–Kier alpha value is -1.66. The third kappa shape index (κ3) is 2.58. The highest BCUT2D eigenvalue weighted by atomic mass is 16.5. The number of carboxylic acids is 1. The number of ether oxygens (including phenoxy) is 1. The van der Waals surface area contributed by atoms with Crippen molar-refractivity contribution >= 4 is 11.9 Å². The van der Waals surface area contributed by atoms with Crippen molar-refractivity contribution in [2.75, 3.05) is 0 Å². The maximum Gasteiger partial charge on any atom is 0.333 e. The third-order valence-corrected chi connectivity index (χ3v) is 10.0. The first-order chi connectivity index (χ1) is 14.4. The van der Waals surface area contributed by atoms with Crippen LogP contribution in [0.15, 0.2) is 23.8 Å². The van der Waals surface area contributed by atoms with Gasteiger partial charge < -0.3 is 20.1 Å². The van der Waals surface area contributed by atoms with E-state index in [1.807, 2.05) is 6.92 Å². The fourth-order valence-corrected chi connectivity index (χ4v) is 7.96. The predicted octanol–water partition coefficient (Wildman–Crippen LogP) is 3.61. The summed E-state index contributed by atoms with van der Waals surface area (Å²) in [4.78, 5) is 25.1. The van der Waals surface area contributed by atoms with Crippen molar-refractivity contribution in [3.63, 3.8) is 0 Å². The largest absolute Gasteiger partial charge is 0.481 e. The first-order valence-corrected chi connectivity index (χ1v) is 11.6. The SMILES string of the molecule is C=C1[C@@H]2CC[C@]3(O)[C@@](CC[C@@H]4[C@](C)(C(=O)O)[C@@H](O)CC[C@]43C)(C2)[C@H]1OC(=O)/C(C)=C\C. The van der Waals surface area contributed by atoms with Crippen molar-refractivity contribution < 1.29 is 29.6 Å². The summed E-state index contributed by atoms with van der Waals surface area (Å²) in [7, 11) is 0. The molecular weight excluding hydrogens is 396 g/mol. The van der Waals surface area contributed by atoms with Crippen molar-refractivity contribution in [1.82, 2.24) is 0 Å². The smallest absolute Gasteiger partial charge is 0.333 e.